The van der Waals surface area contributed by atoms with Crippen molar-refractivity contribution in [3.8, 4) is 0 Å². The van der Waals surface area contributed by atoms with Crippen molar-refractivity contribution in [3.63, 3.8) is 0 Å². The van der Waals surface area contributed by atoms with Gasteiger partial charge in [-0.2, -0.15) is 5.10 Å². The molecule has 0 bridgehead atoms. The van der Waals surface area contributed by atoms with Crippen LogP contribution in [0, 0.1) is 0 Å². The Kier molecular flexibility index (Phi) is 4.01. The van der Waals surface area contributed by atoms with Gasteiger partial charge in [-0.05, 0) is 25.8 Å². The van der Waals surface area contributed by atoms with Gasteiger partial charge in [-0.15, -0.1) is 0 Å². The number of hydrogen-bond acceptors (Lipinski definition) is 3. The second kappa shape index (κ2) is 5.52. The Morgan fingerprint density at radius 2 is 2.11 bits per heavy atom. The zero-order chi connectivity index (χ0) is 13.1. The van der Waals surface area contributed by atoms with Crippen LogP contribution >= 0.6 is 0 Å². The van der Waals surface area contributed by atoms with E-state index < -0.39 is 0 Å². The van der Waals surface area contributed by atoms with E-state index in [1.54, 1.807) is 4.68 Å². The van der Waals surface area contributed by atoms with E-state index in [4.69, 9.17) is 0 Å². The van der Waals surface area contributed by atoms with Crippen LogP contribution in [0.1, 0.15) is 25.8 Å². The van der Waals surface area contributed by atoms with Gasteiger partial charge in [0.05, 0.1) is 6.20 Å². The van der Waals surface area contributed by atoms with E-state index in [1.807, 2.05) is 24.3 Å². The number of aryl methyl sites for hydroxylation is 2. The molecule has 5 heteroatoms. The molecule has 100 valence electrons. The second-order valence-electron chi connectivity index (χ2n) is 5.29. The quantitative estimate of drug-likeness (QED) is 0.853. The van der Waals surface area contributed by atoms with Crippen LogP contribution in [0.5, 0.6) is 0 Å². The van der Waals surface area contributed by atoms with Crippen molar-refractivity contribution in [1.82, 2.24) is 20.0 Å². The predicted octanol–water partition coefficient (Wildman–Crippen LogP) is 0.561. The molecule has 2 rings (SSSR count). The van der Waals surface area contributed by atoms with E-state index in [0.29, 0.717) is 18.5 Å². The lowest BCUT2D eigenvalue weighted by atomic mass is 10.1. The van der Waals surface area contributed by atoms with E-state index in [0.717, 1.165) is 25.1 Å². The Morgan fingerprint density at radius 1 is 1.44 bits per heavy atom. The molecule has 1 aliphatic rings. The average molecular weight is 250 g/mol. The molecule has 0 unspecified atom stereocenters. The largest absolute Gasteiger partial charge is 0.340 e. The molecule has 1 aromatic heterocycles. The SMILES string of the molecule is C[C@H]1CN(C(=O)CCc2cnn(C)c2)C[C@H](C)N1. The van der Waals surface area contributed by atoms with Crippen molar-refractivity contribution in [1.29, 1.82) is 0 Å². The summed E-state index contributed by atoms with van der Waals surface area (Å²) in [5, 5.41) is 7.55. The predicted molar refractivity (Wildman–Crippen MR) is 70.2 cm³/mol. The maximum Gasteiger partial charge on any atom is 0.223 e. The van der Waals surface area contributed by atoms with Crippen molar-refractivity contribution in [2.45, 2.75) is 38.8 Å². The van der Waals surface area contributed by atoms with E-state index in [1.165, 1.54) is 0 Å². The van der Waals surface area contributed by atoms with Crippen LogP contribution in [0.2, 0.25) is 0 Å². The van der Waals surface area contributed by atoms with Crippen molar-refractivity contribution in [2.75, 3.05) is 13.1 Å². The molecule has 1 amide bonds. The third kappa shape index (κ3) is 3.32. The highest BCUT2D eigenvalue weighted by Gasteiger charge is 2.24. The molecule has 18 heavy (non-hydrogen) atoms. The first-order valence-corrected chi connectivity index (χ1v) is 6.56. The molecule has 1 N–H and O–H groups in total. The molecule has 1 aromatic rings. The van der Waals surface area contributed by atoms with E-state index >= 15 is 0 Å². The van der Waals surface area contributed by atoms with Crippen LogP contribution < -0.4 is 5.32 Å². The summed E-state index contributed by atoms with van der Waals surface area (Å²) in [6, 6.07) is 0.771. The fourth-order valence-electron chi connectivity index (χ4n) is 2.54. The monoisotopic (exact) mass is 250 g/mol. The molecule has 1 saturated heterocycles. The lowest BCUT2D eigenvalue weighted by molar-refractivity contribution is -0.132. The number of carbonyl (C=O) groups excluding carboxylic acids is 1. The molecule has 0 saturated carbocycles. The minimum absolute atomic E-state index is 0.249. The van der Waals surface area contributed by atoms with Crippen molar-refractivity contribution in [2.24, 2.45) is 7.05 Å². The van der Waals surface area contributed by atoms with Crippen LogP contribution in [0.15, 0.2) is 12.4 Å². The summed E-state index contributed by atoms with van der Waals surface area (Å²) in [5.74, 6) is 0.249. The Morgan fingerprint density at radius 3 is 2.67 bits per heavy atom. The van der Waals surface area contributed by atoms with Gasteiger partial charge in [0.1, 0.15) is 0 Å². The first-order chi connectivity index (χ1) is 8.54. The number of amides is 1. The Labute approximate surface area is 108 Å². The van der Waals surface area contributed by atoms with Crippen molar-refractivity contribution < 1.29 is 4.79 Å². The van der Waals surface area contributed by atoms with Crippen LogP contribution in [0.25, 0.3) is 0 Å². The molecular weight excluding hydrogens is 228 g/mol. The number of nitrogens with one attached hydrogen (secondary N) is 1. The number of carbonyl (C=O) groups is 1. The number of piperazine rings is 1. The topological polar surface area (TPSA) is 50.2 Å². The summed E-state index contributed by atoms with van der Waals surface area (Å²) in [4.78, 5) is 14.1. The van der Waals surface area contributed by atoms with Crippen LogP contribution in [-0.2, 0) is 18.3 Å². The summed E-state index contributed by atoms with van der Waals surface area (Å²) < 4.78 is 1.77. The van der Waals surface area contributed by atoms with E-state index in [-0.39, 0.29) is 5.91 Å². The highest BCUT2D eigenvalue weighted by molar-refractivity contribution is 5.76. The first kappa shape index (κ1) is 13.1. The Hall–Kier alpha value is -1.36. The summed E-state index contributed by atoms with van der Waals surface area (Å²) in [6.07, 6.45) is 5.15. The molecule has 0 aromatic carbocycles. The summed E-state index contributed by atoms with van der Waals surface area (Å²) in [7, 11) is 1.89. The van der Waals surface area contributed by atoms with Gasteiger partial charge in [-0.3, -0.25) is 9.48 Å². The minimum atomic E-state index is 0.249. The van der Waals surface area contributed by atoms with Gasteiger partial charge in [0, 0.05) is 44.8 Å². The van der Waals surface area contributed by atoms with Gasteiger partial charge in [0.25, 0.3) is 0 Å². The Bertz CT molecular complexity index is 405. The third-order valence-electron chi connectivity index (χ3n) is 3.30. The van der Waals surface area contributed by atoms with Crippen molar-refractivity contribution >= 4 is 5.91 Å². The molecule has 1 aliphatic heterocycles. The number of hydrogen-bond donors (Lipinski definition) is 1. The van der Waals surface area contributed by atoms with E-state index in [9.17, 15) is 4.79 Å². The van der Waals surface area contributed by atoms with Gasteiger partial charge in [0.15, 0.2) is 0 Å². The first-order valence-electron chi connectivity index (χ1n) is 6.56. The van der Waals surface area contributed by atoms with Crippen LogP contribution in [0.3, 0.4) is 0 Å². The zero-order valence-corrected chi connectivity index (χ0v) is 11.4. The third-order valence-corrected chi connectivity index (χ3v) is 3.30. The van der Waals surface area contributed by atoms with Gasteiger partial charge in [0.2, 0.25) is 5.91 Å². The second-order valence-corrected chi connectivity index (χ2v) is 5.29. The molecule has 2 atom stereocenters. The van der Waals surface area contributed by atoms with Crippen LogP contribution in [-0.4, -0.2) is 45.8 Å². The molecule has 0 spiro atoms. The summed E-state index contributed by atoms with van der Waals surface area (Å²) >= 11 is 0. The normalized spacial score (nSPS) is 24.3. The lowest BCUT2D eigenvalue weighted by Gasteiger charge is -2.36. The smallest absolute Gasteiger partial charge is 0.223 e. The highest BCUT2D eigenvalue weighted by Crippen LogP contribution is 2.08. The number of nitrogens with zero attached hydrogens (tertiary/aromatic N) is 3. The zero-order valence-electron chi connectivity index (χ0n) is 11.4. The molecule has 0 radical (unpaired) electrons. The molecular formula is C13H22N4O. The maximum absolute atomic E-state index is 12.1. The highest BCUT2D eigenvalue weighted by atomic mass is 16.2. The minimum Gasteiger partial charge on any atom is -0.340 e. The van der Waals surface area contributed by atoms with Gasteiger partial charge >= 0.3 is 0 Å². The Balaban J connectivity index is 1.84. The molecule has 2 heterocycles. The average Bonchev–Trinajstić information content (AvgIpc) is 2.70. The molecule has 0 aliphatic carbocycles. The molecule has 1 fully saturated rings. The lowest BCUT2D eigenvalue weighted by Crippen LogP contribution is -2.55. The van der Waals surface area contributed by atoms with Crippen LogP contribution in [0.4, 0.5) is 0 Å². The van der Waals surface area contributed by atoms with E-state index in [2.05, 4.69) is 24.3 Å². The van der Waals surface area contributed by atoms with Gasteiger partial charge in [-0.1, -0.05) is 0 Å². The van der Waals surface area contributed by atoms with Crippen molar-refractivity contribution in [3.05, 3.63) is 18.0 Å². The number of rotatable bonds is 3. The fraction of sp³-hybridized carbons (Fsp3) is 0.692. The molecule has 5 nitrogen and oxygen atoms in total. The summed E-state index contributed by atoms with van der Waals surface area (Å²) in [6.45, 7) is 5.88. The standard InChI is InChI=1S/C13H22N4O/c1-10-7-17(8-11(2)15-10)13(18)5-4-12-6-14-16(3)9-12/h6,9-11,15H,4-5,7-8H2,1-3H3/t10-,11-/m0/s1. The summed E-state index contributed by atoms with van der Waals surface area (Å²) in [5.41, 5.74) is 1.13. The maximum atomic E-state index is 12.1. The van der Waals surface area contributed by atoms with Gasteiger partial charge in [-0.25, -0.2) is 0 Å². The fourth-order valence-corrected chi connectivity index (χ4v) is 2.54. The number of aromatic nitrogens is 2. The van der Waals surface area contributed by atoms with Gasteiger partial charge < -0.3 is 10.2 Å².